The van der Waals surface area contributed by atoms with Crippen LogP contribution in [0, 0.1) is 24.2 Å². The zero-order chi connectivity index (χ0) is 26.1. The van der Waals surface area contributed by atoms with Crippen molar-refractivity contribution in [3.63, 3.8) is 0 Å². The molecule has 1 spiro atoms. The maximum Gasteiger partial charge on any atom is 0.269 e. The molecule has 6 nitrogen and oxygen atoms in total. The highest BCUT2D eigenvalue weighted by atomic mass is 32.1. The van der Waals surface area contributed by atoms with Crippen LogP contribution in [0.3, 0.4) is 0 Å². The fourth-order valence-electron chi connectivity index (χ4n) is 5.56. The molecule has 1 amide bonds. The molecule has 7 heteroatoms. The first kappa shape index (κ1) is 28.1. The van der Waals surface area contributed by atoms with Gasteiger partial charge in [0.1, 0.15) is 0 Å². The number of hydrogen-bond donors (Lipinski definition) is 1. The highest BCUT2D eigenvalue weighted by Gasteiger charge is 2.59. The number of aromatic nitrogens is 3. The summed E-state index contributed by atoms with van der Waals surface area (Å²) in [6, 6.07) is 0. The van der Waals surface area contributed by atoms with Gasteiger partial charge in [-0.2, -0.15) is 5.10 Å². The van der Waals surface area contributed by atoms with Crippen LogP contribution < -0.4 is 5.73 Å². The van der Waals surface area contributed by atoms with E-state index in [0.29, 0.717) is 5.69 Å². The van der Waals surface area contributed by atoms with Crippen LogP contribution in [0.15, 0.2) is 17.7 Å². The lowest BCUT2D eigenvalue weighted by Gasteiger charge is -2.58. The van der Waals surface area contributed by atoms with Crippen molar-refractivity contribution in [2.75, 3.05) is 13.1 Å². The zero-order valence-electron chi connectivity index (χ0n) is 22.5. The van der Waals surface area contributed by atoms with Crippen molar-refractivity contribution in [1.29, 1.82) is 0 Å². The van der Waals surface area contributed by atoms with E-state index in [-0.39, 0.29) is 0 Å². The Morgan fingerprint density at radius 2 is 2.00 bits per heavy atom. The maximum atomic E-state index is 11.4. The molecule has 2 aliphatic heterocycles. The third-order valence-electron chi connectivity index (χ3n) is 7.80. The molecule has 36 heavy (non-hydrogen) atoms. The van der Waals surface area contributed by atoms with Crippen LogP contribution in [-0.4, -0.2) is 44.2 Å². The predicted molar refractivity (Wildman–Crippen MR) is 150 cm³/mol. The van der Waals surface area contributed by atoms with Crippen LogP contribution in [0.1, 0.15) is 93.0 Å². The molecular weight excluding hydrogens is 466 g/mol. The molecule has 2 N–H and O–H groups in total. The number of rotatable bonds is 6. The van der Waals surface area contributed by atoms with E-state index >= 15 is 0 Å². The molecule has 0 radical (unpaired) electrons. The Morgan fingerprint density at radius 1 is 1.25 bits per heavy atom. The second-order valence-corrected chi connectivity index (χ2v) is 11.0. The minimum atomic E-state index is -0.429. The van der Waals surface area contributed by atoms with Gasteiger partial charge >= 0.3 is 0 Å². The highest BCUT2D eigenvalue weighted by Crippen LogP contribution is 2.57. The average Bonchev–Trinajstić information content (AvgIpc) is 3.29. The van der Waals surface area contributed by atoms with Crippen LogP contribution in [0.25, 0.3) is 6.08 Å². The molecule has 2 aromatic rings. The van der Waals surface area contributed by atoms with Crippen molar-refractivity contribution in [2.45, 2.75) is 91.1 Å². The molecule has 2 unspecified atom stereocenters. The van der Waals surface area contributed by atoms with Crippen molar-refractivity contribution in [2.24, 2.45) is 17.6 Å². The minimum absolute atomic E-state index is 0.429. The first-order chi connectivity index (χ1) is 17.4. The molecule has 2 saturated heterocycles. The third-order valence-corrected chi connectivity index (χ3v) is 8.72. The largest absolute Gasteiger partial charge is 0.364 e. The van der Waals surface area contributed by atoms with Gasteiger partial charge in [-0.05, 0) is 89.7 Å². The number of amides is 1. The summed E-state index contributed by atoms with van der Waals surface area (Å²) < 4.78 is 1.94. The van der Waals surface area contributed by atoms with Gasteiger partial charge in [0.05, 0.1) is 10.7 Å². The number of hydrogen-bond acceptors (Lipinski definition) is 5. The van der Waals surface area contributed by atoms with Crippen molar-refractivity contribution >= 4 is 23.3 Å². The fourth-order valence-corrected chi connectivity index (χ4v) is 6.13. The van der Waals surface area contributed by atoms with Gasteiger partial charge < -0.3 is 5.73 Å². The summed E-state index contributed by atoms with van der Waals surface area (Å²) in [5.74, 6) is 3.68. The van der Waals surface area contributed by atoms with E-state index in [0.717, 1.165) is 48.0 Å². The third kappa shape index (κ3) is 6.46. The molecule has 4 aliphatic rings. The van der Waals surface area contributed by atoms with E-state index in [1.165, 1.54) is 56.6 Å². The molecule has 2 aliphatic carbocycles. The number of terminal acetylenes is 1. The summed E-state index contributed by atoms with van der Waals surface area (Å²) in [4.78, 5) is 18.1. The van der Waals surface area contributed by atoms with E-state index < -0.39 is 5.91 Å². The second kappa shape index (κ2) is 13.2. The second-order valence-electron chi connectivity index (χ2n) is 9.99. The van der Waals surface area contributed by atoms with E-state index in [1.54, 1.807) is 18.3 Å². The Hall–Kier alpha value is -2.43. The van der Waals surface area contributed by atoms with Crippen LogP contribution in [0.2, 0.25) is 0 Å². The van der Waals surface area contributed by atoms with Crippen LogP contribution >= 0.6 is 11.3 Å². The first-order valence-electron chi connectivity index (χ1n) is 13.5. The van der Waals surface area contributed by atoms with Crippen molar-refractivity contribution < 1.29 is 4.79 Å². The molecule has 4 fully saturated rings. The minimum Gasteiger partial charge on any atom is -0.364 e. The number of aryl methyl sites for hydroxylation is 1. The smallest absolute Gasteiger partial charge is 0.269 e. The number of nitrogens with zero attached hydrogens (tertiary/aromatic N) is 4. The molecule has 4 heterocycles. The molecule has 6 rings (SSSR count). The van der Waals surface area contributed by atoms with Crippen LogP contribution in [0.4, 0.5) is 0 Å². The standard InChI is InChI=1S/C13H19N3O.C8H13N.C5H7NS.C3H4/c1-3-5-11-10(4-2)12(13(14)17)15-16(11)8-9-6-7-9;1-3-8-4-6-9(8)5-2-7(1)8;1-2-5-6-3-4-7-5;1-3-2/h3,5,9H,4,6-8H2,1-2H3,(H2,14,17);7H,1-6H2;3-4H,2H2,1H3;1H,2H3/b5-3-;;;. The quantitative estimate of drug-likeness (QED) is 0.516. The number of allylic oxidation sites excluding steroid dienone is 1. The summed E-state index contributed by atoms with van der Waals surface area (Å²) in [6.07, 6.45) is 20.9. The maximum absolute atomic E-state index is 11.4. The van der Waals surface area contributed by atoms with Gasteiger partial charge in [-0.1, -0.05) is 19.9 Å². The Balaban J connectivity index is 0.000000157. The Labute approximate surface area is 221 Å². The normalized spacial score (nSPS) is 23.2. The summed E-state index contributed by atoms with van der Waals surface area (Å²) >= 11 is 1.71. The topological polar surface area (TPSA) is 77.0 Å². The summed E-state index contributed by atoms with van der Waals surface area (Å²) in [7, 11) is 0. The summed E-state index contributed by atoms with van der Waals surface area (Å²) in [5, 5.41) is 7.59. The van der Waals surface area contributed by atoms with Gasteiger partial charge in [0, 0.05) is 35.8 Å². The lowest BCUT2D eigenvalue weighted by atomic mass is 9.62. The van der Waals surface area contributed by atoms with Gasteiger partial charge in [0.15, 0.2) is 5.69 Å². The molecule has 0 bridgehead atoms. The predicted octanol–water partition coefficient (Wildman–Crippen LogP) is 5.58. The van der Waals surface area contributed by atoms with E-state index in [9.17, 15) is 4.79 Å². The van der Waals surface area contributed by atoms with Gasteiger partial charge in [-0.25, -0.2) is 4.98 Å². The Morgan fingerprint density at radius 3 is 2.36 bits per heavy atom. The van der Waals surface area contributed by atoms with Gasteiger partial charge in [-0.15, -0.1) is 23.7 Å². The number of carbonyl (C=O) groups is 1. The monoisotopic (exact) mass is 509 g/mol. The summed E-state index contributed by atoms with van der Waals surface area (Å²) in [6.45, 7) is 11.5. The number of primary amides is 1. The van der Waals surface area contributed by atoms with Crippen molar-refractivity contribution in [3.05, 3.63) is 39.6 Å². The van der Waals surface area contributed by atoms with Crippen LogP contribution in [-0.2, 0) is 19.4 Å². The first-order valence-corrected chi connectivity index (χ1v) is 14.3. The number of thiazole rings is 1. The van der Waals surface area contributed by atoms with Crippen molar-refractivity contribution in [1.82, 2.24) is 19.7 Å². The summed E-state index contributed by atoms with van der Waals surface area (Å²) in [5.41, 5.74) is 8.62. The van der Waals surface area contributed by atoms with E-state index in [2.05, 4.69) is 34.3 Å². The fraction of sp³-hybridized carbons (Fsp3) is 0.621. The Kier molecular flexibility index (Phi) is 10.3. The molecule has 0 aromatic carbocycles. The zero-order valence-corrected chi connectivity index (χ0v) is 23.3. The number of carbonyl (C=O) groups excluding carboxylic acids is 1. The van der Waals surface area contributed by atoms with Gasteiger partial charge in [0.25, 0.3) is 5.91 Å². The van der Waals surface area contributed by atoms with E-state index in [4.69, 9.17) is 5.73 Å². The lowest BCUT2D eigenvalue weighted by Crippen LogP contribution is -2.63. The Bertz CT molecular complexity index is 1030. The molecule has 2 aromatic heterocycles. The van der Waals surface area contributed by atoms with Gasteiger partial charge in [-0.3, -0.25) is 14.4 Å². The molecule has 196 valence electrons. The molecule has 2 atom stereocenters. The SMILES string of the molecule is C#CC.C/C=C\c1c(CC)c(C(N)=O)nn1CC1CC1.C1CN2CCC23CCC13.CCc1nccs1. The van der Waals surface area contributed by atoms with E-state index in [1.807, 2.05) is 42.3 Å². The lowest BCUT2D eigenvalue weighted by molar-refractivity contribution is -0.0659. The molecule has 2 saturated carbocycles. The van der Waals surface area contributed by atoms with Gasteiger partial charge in [0.2, 0.25) is 0 Å². The average molecular weight is 510 g/mol. The molecular formula is C29H43N5OS. The number of nitrogens with two attached hydrogens (primary N) is 1. The van der Waals surface area contributed by atoms with Crippen molar-refractivity contribution in [3.8, 4) is 12.3 Å². The van der Waals surface area contributed by atoms with Crippen LogP contribution in [0.5, 0.6) is 0 Å². The highest BCUT2D eigenvalue weighted by molar-refractivity contribution is 7.09.